The van der Waals surface area contributed by atoms with E-state index >= 15 is 0 Å². The van der Waals surface area contributed by atoms with Crippen molar-refractivity contribution in [2.24, 2.45) is 11.3 Å². The zero-order chi connectivity index (χ0) is 22.4. The average Bonchev–Trinajstić information content (AvgIpc) is 3.33. The molecule has 1 aliphatic carbocycles. The second-order valence-electron chi connectivity index (χ2n) is 9.53. The Morgan fingerprint density at radius 3 is 2.62 bits per heavy atom. The normalized spacial score (nSPS) is 21.5. The minimum Gasteiger partial charge on any atom is -0.356 e. The van der Waals surface area contributed by atoms with Crippen LogP contribution in [0.25, 0.3) is 11.1 Å². The van der Waals surface area contributed by atoms with Crippen molar-refractivity contribution >= 4 is 11.8 Å². The number of amides is 2. The Morgan fingerprint density at radius 2 is 1.88 bits per heavy atom. The van der Waals surface area contributed by atoms with Gasteiger partial charge in [-0.1, -0.05) is 37.1 Å². The van der Waals surface area contributed by atoms with Crippen molar-refractivity contribution in [3.8, 4) is 11.1 Å². The van der Waals surface area contributed by atoms with E-state index in [2.05, 4.69) is 34.6 Å². The van der Waals surface area contributed by atoms with Gasteiger partial charge in [-0.05, 0) is 73.8 Å². The fraction of sp³-hybridized carbons (Fsp3) is 0.519. The van der Waals surface area contributed by atoms with E-state index in [4.69, 9.17) is 0 Å². The van der Waals surface area contributed by atoms with Gasteiger partial charge in [-0.2, -0.15) is 0 Å². The highest BCUT2D eigenvalue weighted by Gasteiger charge is 2.43. The Bertz CT molecular complexity index is 924. The third-order valence-electron chi connectivity index (χ3n) is 7.17. The first-order chi connectivity index (χ1) is 15.6. The van der Waals surface area contributed by atoms with E-state index in [1.807, 2.05) is 24.0 Å². The van der Waals surface area contributed by atoms with Crippen LogP contribution in [0, 0.1) is 11.3 Å². The molecule has 0 spiro atoms. The van der Waals surface area contributed by atoms with Crippen molar-refractivity contribution in [3.05, 3.63) is 54.4 Å². The number of nitrogens with one attached hydrogen (secondary N) is 1. The van der Waals surface area contributed by atoms with E-state index in [1.165, 1.54) is 25.7 Å². The van der Waals surface area contributed by atoms with Crippen LogP contribution < -0.4 is 5.32 Å². The van der Waals surface area contributed by atoms with Gasteiger partial charge in [0.1, 0.15) is 0 Å². The molecule has 170 valence electrons. The molecule has 2 aliphatic rings. The van der Waals surface area contributed by atoms with Crippen LogP contribution in [0.1, 0.15) is 57.4 Å². The van der Waals surface area contributed by atoms with E-state index in [-0.39, 0.29) is 11.8 Å². The number of nitrogens with zero attached hydrogens (tertiary/aromatic N) is 2. The lowest BCUT2D eigenvalue weighted by atomic mass is 9.73. The van der Waals surface area contributed by atoms with Gasteiger partial charge in [0.25, 0.3) is 0 Å². The van der Waals surface area contributed by atoms with Gasteiger partial charge >= 0.3 is 0 Å². The van der Waals surface area contributed by atoms with Crippen LogP contribution >= 0.6 is 0 Å². The van der Waals surface area contributed by atoms with Crippen molar-refractivity contribution < 1.29 is 9.59 Å². The van der Waals surface area contributed by atoms with E-state index in [0.717, 1.165) is 36.1 Å². The van der Waals surface area contributed by atoms with Gasteiger partial charge in [-0.15, -0.1) is 0 Å². The first kappa shape index (κ1) is 22.5. The summed E-state index contributed by atoms with van der Waals surface area (Å²) in [5.74, 6) is 0.837. The first-order valence-electron chi connectivity index (χ1n) is 12.1. The van der Waals surface area contributed by atoms with Crippen LogP contribution in [0.4, 0.5) is 0 Å². The minimum absolute atomic E-state index is 0.0766. The highest BCUT2D eigenvalue weighted by atomic mass is 16.2. The van der Waals surface area contributed by atoms with E-state index in [9.17, 15) is 9.59 Å². The number of carbonyl (C=O) groups is 2. The van der Waals surface area contributed by atoms with E-state index in [1.54, 1.807) is 12.4 Å². The number of rotatable bonds is 7. The predicted octanol–water partition coefficient (Wildman–Crippen LogP) is 4.62. The lowest BCUT2D eigenvalue weighted by Crippen LogP contribution is -2.54. The molecule has 1 aromatic heterocycles. The van der Waals surface area contributed by atoms with Crippen molar-refractivity contribution in [1.29, 1.82) is 0 Å². The van der Waals surface area contributed by atoms with Crippen LogP contribution in [0.5, 0.6) is 0 Å². The van der Waals surface area contributed by atoms with Gasteiger partial charge in [-0.25, -0.2) is 0 Å². The monoisotopic (exact) mass is 433 g/mol. The molecule has 1 saturated carbocycles. The number of pyridine rings is 1. The van der Waals surface area contributed by atoms with Gasteiger partial charge in [0.05, 0.1) is 5.41 Å². The highest BCUT2D eigenvalue weighted by Crippen LogP contribution is 2.36. The predicted molar refractivity (Wildman–Crippen MR) is 127 cm³/mol. The standard InChI is InChI=1S/C27H35N3O2/c1-2-29-26(32)27(13-6-16-30(20-27)25(31)18-21-7-3-4-8-21)19-22-9-5-10-24(17-22)23-11-14-28-15-12-23/h5,9-12,14-15,17,21H,2-4,6-8,13,16,18-20H2,1H3,(H,29,32)/t27-/m0/s1. The second kappa shape index (κ2) is 10.3. The van der Waals surface area contributed by atoms with Crippen molar-refractivity contribution in [1.82, 2.24) is 15.2 Å². The number of benzene rings is 1. The van der Waals surface area contributed by atoms with Gasteiger partial charge in [0.15, 0.2) is 0 Å². The number of carbonyl (C=O) groups excluding carboxylic acids is 2. The first-order valence-corrected chi connectivity index (χ1v) is 12.1. The quantitative estimate of drug-likeness (QED) is 0.693. The molecular weight excluding hydrogens is 398 g/mol. The zero-order valence-corrected chi connectivity index (χ0v) is 19.2. The molecule has 2 aromatic rings. The van der Waals surface area contributed by atoms with Crippen LogP contribution in [0.3, 0.4) is 0 Å². The summed E-state index contributed by atoms with van der Waals surface area (Å²) < 4.78 is 0. The van der Waals surface area contributed by atoms with Gasteiger partial charge in [0, 0.05) is 38.4 Å². The molecule has 32 heavy (non-hydrogen) atoms. The van der Waals surface area contributed by atoms with Crippen LogP contribution in [-0.4, -0.2) is 41.3 Å². The molecule has 1 N–H and O–H groups in total. The number of aromatic nitrogens is 1. The summed E-state index contributed by atoms with van der Waals surface area (Å²) in [6.45, 7) is 3.85. The molecule has 1 atom stereocenters. The smallest absolute Gasteiger partial charge is 0.228 e. The Hall–Kier alpha value is -2.69. The number of hydrogen-bond donors (Lipinski definition) is 1. The van der Waals surface area contributed by atoms with Gasteiger partial charge in [0.2, 0.25) is 11.8 Å². The summed E-state index contributed by atoms with van der Waals surface area (Å²) in [6, 6.07) is 12.4. The fourth-order valence-corrected chi connectivity index (χ4v) is 5.49. The molecule has 5 heteroatoms. The maximum Gasteiger partial charge on any atom is 0.228 e. The lowest BCUT2D eigenvalue weighted by molar-refractivity contribution is -0.142. The molecule has 0 unspecified atom stereocenters. The van der Waals surface area contributed by atoms with Crippen molar-refractivity contribution in [2.75, 3.05) is 19.6 Å². The molecule has 1 saturated heterocycles. The third-order valence-corrected chi connectivity index (χ3v) is 7.17. The van der Waals surface area contributed by atoms with Crippen molar-refractivity contribution in [3.63, 3.8) is 0 Å². The maximum atomic E-state index is 13.3. The molecule has 1 aromatic carbocycles. The van der Waals surface area contributed by atoms with Crippen LogP contribution in [0.15, 0.2) is 48.8 Å². The topological polar surface area (TPSA) is 62.3 Å². The lowest BCUT2D eigenvalue weighted by Gasteiger charge is -2.42. The fourth-order valence-electron chi connectivity index (χ4n) is 5.49. The molecule has 4 rings (SSSR count). The Labute approximate surface area is 191 Å². The average molecular weight is 434 g/mol. The van der Waals surface area contributed by atoms with E-state index < -0.39 is 5.41 Å². The molecule has 0 radical (unpaired) electrons. The SMILES string of the molecule is CCNC(=O)[C@]1(Cc2cccc(-c3ccncc3)c2)CCCN(C(=O)CC2CCCC2)C1. The molecular formula is C27H35N3O2. The highest BCUT2D eigenvalue weighted by molar-refractivity contribution is 5.85. The number of hydrogen-bond acceptors (Lipinski definition) is 3. The summed E-state index contributed by atoms with van der Waals surface area (Å²) in [5.41, 5.74) is 2.80. The minimum atomic E-state index is -0.573. The number of piperidine rings is 1. The second-order valence-corrected chi connectivity index (χ2v) is 9.53. The Morgan fingerprint density at radius 1 is 1.09 bits per heavy atom. The molecule has 2 fully saturated rings. The van der Waals surface area contributed by atoms with Crippen molar-refractivity contribution in [2.45, 2.75) is 58.3 Å². The summed E-state index contributed by atoms with van der Waals surface area (Å²) in [5, 5.41) is 3.07. The largest absolute Gasteiger partial charge is 0.356 e. The maximum absolute atomic E-state index is 13.3. The molecule has 1 aliphatic heterocycles. The Balaban J connectivity index is 1.55. The van der Waals surface area contributed by atoms with Gasteiger partial charge < -0.3 is 10.2 Å². The van der Waals surface area contributed by atoms with Crippen LogP contribution in [0.2, 0.25) is 0 Å². The summed E-state index contributed by atoms with van der Waals surface area (Å²) >= 11 is 0. The summed E-state index contributed by atoms with van der Waals surface area (Å²) in [4.78, 5) is 32.5. The van der Waals surface area contributed by atoms with Crippen LogP contribution in [-0.2, 0) is 16.0 Å². The van der Waals surface area contributed by atoms with E-state index in [0.29, 0.717) is 31.8 Å². The van der Waals surface area contributed by atoms with Gasteiger partial charge in [-0.3, -0.25) is 14.6 Å². The molecule has 5 nitrogen and oxygen atoms in total. The Kier molecular flexibility index (Phi) is 7.23. The summed E-state index contributed by atoms with van der Waals surface area (Å²) in [6.07, 6.45) is 11.4. The summed E-state index contributed by atoms with van der Waals surface area (Å²) in [7, 11) is 0. The molecule has 2 heterocycles. The third kappa shape index (κ3) is 5.20. The number of likely N-dealkylation sites (tertiary alicyclic amines) is 1. The molecule has 2 amide bonds. The molecule has 0 bridgehead atoms. The zero-order valence-electron chi connectivity index (χ0n) is 19.2.